The molecule has 11 fully saturated rings. The number of piperidine rings is 2. The normalized spacial score (nSPS) is 64.4. The zero-order valence-corrected chi connectivity index (χ0v) is 24.7. The molecule has 6 saturated heterocycles. The fourth-order valence-electron chi connectivity index (χ4n) is 15.9. The summed E-state index contributed by atoms with van der Waals surface area (Å²) < 4.78 is 7.12. The number of fused-ring (bicyclic) bond motifs is 5. The first-order valence-corrected chi connectivity index (χ1v) is 18.1. The molecule has 0 aromatic carbocycles. The van der Waals surface area contributed by atoms with Gasteiger partial charge >= 0.3 is 0 Å². The molecule has 11 rings (SSSR count). The van der Waals surface area contributed by atoms with Crippen molar-refractivity contribution in [3.63, 3.8) is 0 Å². The molecule has 19 atom stereocenters. The van der Waals surface area contributed by atoms with E-state index in [1.165, 1.54) is 70.6 Å². The first-order valence-electron chi connectivity index (χ1n) is 18.1. The van der Waals surface area contributed by atoms with E-state index in [-0.39, 0.29) is 11.8 Å². The van der Waals surface area contributed by atoms with Crippen LogP contribution in [0.25, 0.3) is 0 Å². The Morgan fingerprint density at radius 3 is 2.38 bits per heavy atom. The Balaban J connectivity index is 1.15. The molecule has 1 N–H and O–H groups in total. The van der Waals surface area contributed by atoms with Gasteiger partial charge in [0.15, 0.2) is 6.71 Å². The Morgan fingerprint density at radius 2 is 1.50 bits per heavy atom. The van der Waals surface area contributed by atoms with Gasteiger partial charge in [-0.15, -0.1) is 0 Å². The number of ether oxygens (including phenoxy) is 1. The molecule has 19 unspecified atom stereocenters. The Bertz CT molecular complexity index is 1130. The Morgan fingerprint density at radius 1 is 0.750 bits per heavy atom. The molecule has 40 heavy (non-hydrogen) atoms. The predicted molar refractivity (Wildman–Crippen MR) is 155 cm³/mol. The minimum absolute atomic E-state index is 0.250. The lowest BCUT2D eigenvalue weighted by atomic mass is 9.16. The first-order chi connectivity index (χ1) is 19.6. The molecule has 5 saturated carbocycles. The van der Waals surface area contributed by atoms with Crippen molar-refractivity contribution < 1.29 is 9.53 Å². The third-order valence-electron chi connectivity index (χ3n) is 16.4. The molecule has 5 aliphatic carbocycles. The van der Waals surface area contributed by atoms with Gasteiger partial charge in [-0.25, -0.2) is 0 Å². The van der Waals surface area contributed by atoms with Crippen LogP contribution in [-0.2, 0) is 9.53 Å². The summed E-state index contributed by atoms with van der Waals surface area (Å²) in [6.07, 6.45) is 17.5. The minimum Gasteiger partial charge on any atom is -0.372 e. The Labute approximate surface area is 241 Å². The molecule has 0 aromatic heterocycles. The number of carbonyl (C=O) groups excluding carboxylic acids is 1. The van der Waals surface area contributed by atoms with Crippen LogP contribution >= 0.6 is 0 Å². The lowest BCUT2D eigenvalue weighted by molar-refractivity contribution is -0.245. The van der Waals surface area contributed by atoms with Crippen molar-refractivity contribution in [2.24, 2.45) is 41.4 Å². The van der Waals surface area contributed by atoms with Crippen LogP contribution in [-0.4, -0.2) is 76.9 Å². The van der Waals surface area contributed by atoms with Crippen molar-refractivity contribution >= 4 is 12.5 Å². The van der Waals surface area contributed by atoms with Crippen LogP contribution < -0.4 is 5.32 Å². The lowest BCUT2D eigenvalue weighted by Crippen LogP contribution is -2.85. The highest BCUT2D eigenvalue weighted by Gasteiger charge is 2.77. The number of nitrogens with zero attached hydrogens (tertiary/aromatic N) is 2. The summed E-state index contributed by atoms with van der Waals surface area (Å²) in [5.41, 5.74) is 0. The molecule has 6 aliphatic heterocycles. The lowest BCUT2D eigenvalue weighted by Gasteiger charge is -2.76. The van der Waals surface area contributed by atoms with Gasteiger partial charge in [-0.3, -0.25) is 19.9 Å². The van der Waals surface area contributed by atoms with Crippen molar-refractivity contribution in [3.8, 4) is 0 Å². The van der Waals surface area contributed by atoms with Crippen LogP contribution in [0, 0.1) is 41.4 Å². The second-order valence-electron chi connectivity index (χ2n) is 17.2. The molecule has 11 aliphatic rings. The van der Waals surface area contributed by atoms with Gasteiger partial charge in [0.2, 0.25) is 0 Å². The topological polar surface area (TPSA) is 44.8 Å². The van der Waals surface area contributed by atoms with Gasteiger partial charge in [0.1, 0.15) is 5.78 Å². The fourth-order valence-corrected chi connectivity index (χ4v) is 15.9. The molecule has 0 bridgehead atoms. The summed E-state index contributed by atoms with van der Waals surface area (Å²) in [7, 11) is 0. The van der Waals surface area contributed by atoms with Gasteiger partial charge in [0.25, 0.3) is 0 Å². The van der Waals surface area contributed by atoms with Crippen molar-refractivity contribution in [2.75, 3.05) is 0 Å². The summed E-state index contributed by atoms with van der Waals surface area (Å²) in [4.78, 5) is 21.3. The average molecular weight is 544 g/mol. The van der Waals surface area contributed by atoms with E-state index in [1.807, 2.05) is 0 Å². The third-order valence-corrected chi connectivity index (χ3v) is 16.4. The maximum absolute atomic E-state index is 14.9. The highest BCUT2D eigenvalue weighted by Crippen LogP contribution is 2.71. The van der Waals surface area contributed by atoms with Gasteiger partial charge in [-0.1, -0.05) is 58.8 Å². The third kappa shape index (κ3) is 2.58. The monoisotopic (exact) mass is 543 g/mol. The van der Waals surface area contributed by atoms with E-state index >= 15 is 0 Å². The SMILES string of the molecule is CC1CCCC2C1C1NC3CCCC4B5C6CCCC7OC8CCCC9C(=O)C%10C(C)C2C(C5C%10N(C76)C89)N1C34. The second-order valence-corrected chi connectivity index (χ2v) is 17.2. The van der Waals surface area contributed by atoms with Gasteiger partial charge in [0, 0.05) is 48.1 Å². The fraction of sp³-hybridized carbons (Fsp3) is 0.971. The van der Waals surface area contributed by atoms with Gasteiger partial charge in [-0.2, -0.15) is 0 Å². The van der Waals surface area contributed by atoms with Crippen LogP contribution in [0.15, 0.2) is 0 Å². The van der Waals surface area contributed by atoms with Gasteiger partial charge < -0.3 is 4.74 Å². The summed E-state index contributed by atoms with van der Waals surface area (Å²) in [6, 6.07) is 3.68. The van der Waals surface area contributed by atoms with E-state index in [9.17, 15) is 4.79 Å². The molecule has 0 aromatic rings. The number of hydrogen-bond donors (Lipinski definition) is 1. The smallest absolute Gasteiger partial charge is 0.157 e. The van der Waals surface area contributed by atoms with Gasteiger partial charge in [-0.05, 0) is 79.1 Å². The van der Waals surface area contributed by atoms with E-state index in [0.29, 0.717) is 60.3 Å². The second kappa shape index (κ2) is 7.99. The maximum Gasteiger partial charge on any atom is 0.157 e. The van der Waals surface area contributed by atoms with E-state index in [4.69, 9.17) is 4.74 Å². The maximum atomic E-state index is 14.9. The highest BCUT2D eigenvalue weighted by atomic mass is 16.5. The first kappa shape index (κ1) is 24.0. The standard InChI is InChI=1S/C34H50BN3O2/c1-15-7-3-8-17-24(15)34-36-21-12-5-10-19-29(21)38(34)31-25(17)16(2)26-32-27(31)35(19)20-11-6-14-23-30(20)37(32)28-18(33(26)39)9-4-13-22(28)40-23/h15-32,34,36H,3-14H2,1-2H3. The number of ketones is 1. The molecular formula is C34H50BN3O2. The van der Waals surface area contributed by atoms with Crippen LogP contribution in [0.5, 0.6) is 0 Å². The molecule has 216 valence electrons. The molecule has 0 radical (unpaired) electrons. The highest BCUT2D eigenvalue weighted by molar-refractivity contribution is 6.65. The van der Waals surface area contributed by atoms with Crippen molar-refractivity contribution in [1.29, 1.82) is 0 Å². The molecule has 6 heterocycles. The molecule has 6 heteroatoms. The van der Waals surface area contributed by atoms with E-state index < -0.39 is 0 Å². The Hall–Kier alpha value is -0.425. The number of hydrogen-bond acceptors (Lipinski definition) is 5. The zero-order chi connectivity index (χ0) is 26.2. The Kier molecular flexibility index (Phi) is 4.78. The van der Waals surface area contributed by atoms with Gasteiger partial charge in [0.05, 0.1) is 18.4 Å². The summed E-state index contributed by atoms with van der Waals surface area (Å²) in [5, 5.41) is 4.42. The van der Waals surface area contributed by atoms with Crippen LogP contribution in [0.1, 0.15) is 90.9 Å². The molecule has 0 spiro atoms. The average Bonchev–Trinajstić information content (AvgIpc) is 3.36. The molecular weight excluding hydrogens is 493 g/mol. The van der Waals surface area contributed by atoms with Crippen LogP contribution in [0.3, 0.4) is 0 Å². The number of rotatable bonds is 0. The summed E-state index contributed by atoms with van der Waals surface area (Å²) in [5.74, 6) is 7.32. The zero-order valence-electron chi connectivity index (χ0n) is 24.7. The van der Waals surface area contributed by atoms with Crippen LogP contribution in [0.4, 0.5) is 0 Å². The predicted octanol–water partition coefficient (Wildman–Crippen LogP) is 4.83. The van der Waals surface area contributed by atoms with Crippen molar-refractivity contribution in [1.82, 2.24) is 15.1 Å². The van der Waals surface area contributed by atoms with Crippen molar-refractivity contribution in [2.45, 2.75) is 163 Å². The van der Waals surface area contributed by atoms with E-state index in [2.05, 4.69) is 29.0 Å². The van der Waals surface area contributed by atoms with Crippen LogP contribution in [0.2, 0.25) is 17.5 Å². The minimum atomic E-state index is 0.250. The van der Waals surface area contributed by atoms with E-state index in [1.54, 1.807) is 0 Å². The quantitative estimate of drug-likeness (QED) is 0.444. The summed E-state index contributed by atoms with van der Waals surface area (Å²) >= 11 is 0. The van der Waals surface area contributed by atoms with Crippen molar-refractivity contribution in [3.05, 3.63) is 0 Å². The number of morpholine rings is 1. The van der Waals surface area contributed by atoms with E-state index in [0.717, 1.165) is 60.3 Å². The number of Topliss-reactive ketones (excluding diaryl/α,β-unsaturated/α-hetero) is 1. The number of nitrogens with one attached hydrogen (secondary N) is 1. The number of carbonyl (C=O) groups is 1. The largest absolute Gasteiger partial charge is 0.372 e. The molecule has 5 nitrogen and oxygen atoms in total. The summed E-state index contributed by atoms with van der Waals surface area (Å²) in [6.45, 7) is 6.03. The molecule has 0 amide bonds.